The van der Waals surface area contributed by atoms with Crippen molar-refractivity contribution in [1.82, 2.24) is 0 Å². The summed E-state index contributed by atoms with van der Waals surface area (Å²) in [6, 6.07) is 0. The van der Waals surface area contributed by atoms with Crippen molar-refractivity contribution in [3.63, 3.8) is 0 Å². The lowest BCUT2D eigenvalue weighted by atomic mass is 10.0. The van der Waals surface area contributed by atoms with Crippen molar-refractivity contribution >= 4 is 19.8 Å². The predicted molar refractivity (Wildman–Crippen MR) is 280 cm³/mol. The molecular formula is C56H113NO8P+. The van der Waals surface area contributed by atoms with E-state index in [1.165, 1.54) is 231 Å². The van der Waals surface area contributed by atoms with Crippen molar-refractivity contribution in [2.45, 2.75) is 302 Å². The van der Waals surface area contributed by atoms with Gasteiger partial charge < -0.3 is 18.9 Å². The van der Waals surface area contributed by atoms with Crippen molar-refractivity contribution in [3.05, 3.63) is 0 Å². The smallest absolute Gasteiger partial charge is 0.462 e. The van der Waals surface area contributed by atoms with Gasteiger partial charge in [-0.1, -0.05) is 271 Å². The van der Waals surface area contributed by atoms with Gasteiger partial charge in [-0.2, -0.15) is 0 Å². The Morgan fingerprint density at radius 2 is 0.682 bits per heavy atom. The quantitative estimate of drug-likeness (QED) is 0.0278. The fourth-order valence-corrected chi connectivity index (χ4v) is 9.41. The molecule has 0 heterocycles. The molecular weight excluding hydrogens is 846 g/mol. The van der Waals surface area contributed by atoms with E-state index < -0.39 is 26.5 Å². The SMILES string of the molecule is CCCCCCCCCCCCCCCCCCCCCCCCCCCCCCCC(=O)OC(COC(=O)CCCCCCCCCCCCCCC)COP(=O)(O)OCC[N+](C)(C)C. The first-order valence-corrected chi connectivity index (χ1v) is 30.3. The minimum atomic E-state index is -4.37. The third-order valence-electron chi connectivity index (χ3n) is 13.1. The lowest BCUT2D eigenvalue weighted by Crippen LogP contribution is -2.37. The molecule has 0 aliphatic heterocycles. The van der Waals surface area contributed by atoms with Crippen LogP contribution in [-0.2, 0) is 32.7 Å². The van der Waals surface area contributed by atoms with Crippen LogP contribution in [-0.4, -0.2) is 74.9 Å². The first-order chi connectivity index (χ1) is 32.0. The summed E-state index contributed by atoms with van der Waals surface area (Å²) in [6.45, 7) is 4.49. The van der Waals surface area contributed by atoms with Crippen molar-refractivity contribution < 1.29 is 42.1 Å². The van der Waals surface area contributed by atoms with Gasteiger partial charge in [0.15, 0.2) is 6.10 Å². The minimum Gasteiger partial charge on any atom is -0.462 e. The number of rotatable bonds is 54. The Morgan fingerprint density at radius 1 is 0.409 bits per heavy atom. The van der Waals surface area contributed by atoms with Gasteiger partial charge in [0, 0.05) is 12.8 Å². The molecule has 1 N–H and O–H groups in total. The average molecular weight is 959 g/mol. The van der Waals surface area contributed by atoms with Crippen LogP contribution >= 0.6 is 7.82 Å². The summed E-state index contributed by atoms with van der Waals surface area (Å²) >= 11 is 0. The van der Waals surface area contributed by atoms with Crippen molar-refractivity contribution in [3.8, 4) is 0 Å². The number of carbonyl (C=O) groups is 2. The molecule has 2 atom stereocenters. The van der Waals surface area contributed by atoms with Gasteiger partial charge in [0.05, 0.1) is 27.7 Å². The first kappa shape index (κ1) is 65.0. The molecule has 10 heteroatoms. The Morgan fingerprint density at radius 3 is 0.970 bits per heavy atom. The second-order valence-corrected chi connectivity index (χ2v) is 22.5. The molecule has 0 saturated heterocycles. The molecule has 0 bridgehead atoms. The fourth-order valence-electron chi connectivity index (χ4n) is 8.67. The van der Waals surface area contributed by atoms with Crippen LogP contribution in [0.5, 0.6) is 0 Å². The number of hydrogen-bond donors (Lipinski definition) is 1. The summed E-state index contributed by atoms with van der Waals surface area (Å²) in [5, 5.41) is 0. The number of hydrogen-bond acceptors (Lipinski definition) is 7. The van der Waals surface area contributed by atoms with Gasteiger partial charge in [0.2, 0.25) is 0 Å². The monoisotopic (exact) mass is 959 g/mol. The van der Waals surface area contributed by atoms with Crippen molar-refractivity contribution in [2.75, 3.05) is 47.5 Å². The van der Waals surface area contributed by atoms with Gasteiger partial charge in [-0.15, -0.1) is 0 Å². The van der Waals surface area contributed by atoms with Gasteiger partial charge >= 0.3 is 19.8 Å². The second-order valence-electron chi connectivity index (χ2n) is 21.0. The molecule has 2 unspecified atom stereocenters. The molecule has 394 valence electrons. The van der Waals surface area contributed by atoms with Crippen molar-refractivity contribution in [2.24, 2.45) is 0 Å². The zero-order valence-corrected chi connectivity index (χ0v) is 45.6. The summed E-state index contributed by atoms with van der Waals surface area (Å²) in [5.74, 6) is -0.777. The van der Waals surface area contributed by atoms with Gasteiger partial charge in [-0.25, -0.2) is 4.57 Å². The van der Waals surface area contributed by atoms with Crippen LogP contribution in [0.1, 0.15) is 296 Å². The molecule has 0 spiro atoms. The number of carbonyl (C=O) groups excluding carboxylic acids is 2. The van der Waals surface area contributed by atoms with Crippen LogP contribution in [0, 0.1) is 0 Å². The Hall–Kier alpha value is -0.990. The van der Waals surface area contributed by atoms with Gasteiger partial charge in [-0.05, 0) is 12.8 Å². The molecule has 0 amide bonds. The number of esters is 2. The number of phosphoric acid groups is 1. The van der Waals surface area contributed by atoms with Crippen LogP contribution < -0.4 is 0 Å². The number of likely N-dealkylation sites (N-methyl/N-ethyl adjacent to an activating group) is 1. The van der Waals surface area contributed by atoms with Gasteiger partial charge in [-0.3, -0.25) is 18.6 Å². The molecule has 9 nitrogen and oxygen atoms in total. The number of ether oxygens (including phenoxy) is 2. The molecule has 0 radical (unpaired) electrons. The maximum Gasteiger partial charge on any atom is 0.472 e. The van der Waals surface area contributed by atoms with E-state index in [9.17, 15) is 19.0 Å². The van der Waals surface area contributed by atoms with Crippen LogP contribution in [0.4, 0.5) is 0 Å². The second kappa shape index (κ2) is 49.0. The lowest BCUT2D eigenvalue weighted by molar-refractivity contribution is -0.870. The minimum absolute atomic E-state index is 0.0372. The molecule has 0 aromatic carbocycles. The van der Waals surface area contributed by atoms with Crippen LogP contribution in [0.15, 0.2) is 0 Å². The van der Waals surface area contributed by atoms with E-state index in [0.29, 0.717) is 17.4 Å². The molecule has 0 aliphatic rings. The van der Waals surface area contributed by atoms with E-state index in [2.05, 4.69) is 13.8 Å². The van der Waals surface area contributed by atoms with E-state index in [1.807, 2.05) is 21.1 Å². The highest BCUT2D eigenvalue weighted by atomic mass is 31.2. The molecule has 0 rings (SSSR count). The Bertz CT molecular complexity index is 1080. The molecule has 0 aliphatic carbocycles. The summed E-state index contributed by atoms with van der Waals surface area (Å²) < 4.78 is 34.5. The van der Waals surface area contributed by atoms with E-state index in [4.69, 9.17) is 18.5 Å². The summed E-state index contributed by atoms with van der Waals surface area (Å²) in [7, 11) is 1.50. The van der Waals surface area contributed by atoms with Gasteiger partial charge in [0.25, 0.3) is 0 Å². The average Bonchev–Trinajstić information content (AvgIpc) is 3.27. The number of quaternary nitrogens is 1. The first-order valence-electron chi connectivity index (χ1n) is 28.8. The third kappa shape index (κ3) is 52.4. The number of unbranched alkanes of at least 4 members (excludes halogenated alkanes) is 40. The standard InChI is InChI=1S/C56H112NO8P/c1-6-8-10-12-14-16-18-20-21-22-23-24-25-26-27-28-29-30-31-32-33-34-35-37-39-41-43-45-47-49-56(59)65-54(53-64-66(60,61)63-51-50-57(3,4)5)52-62-55(58)48-46-44-42-40-38-36-19-17-15-13-11-9-7-2/h54H,6-53H2,1-5H3/p+1. The fraction of sp³-hybridized carbons (Fsp3) is 0.964. The number of phosphoric ester groups is 1. The highest BCUT2D eigenvalue weighted by molar-refractivity contribution is 7.47. The Labute approximate surface area is 410 Å². The summed E-state index contributed by atoms with van der Waals surface area (Å²) in [6.07, 6.45) is 54.7. The van der Waals surface area contributed by atoms with Crippen LogP contribution in [0.2, 0.25) is 0 Å². The lowest BCUT2D eigenvalue weighted by Gasteiger charge is -2.24. The summed E-state index contributed by atoms with van der Waals surface area (Å²) in [5.41, 5.74) is 0. The zero-order valence-electron chi connectivity index (χ0n) is 44.7. The normalized spacial score (nSPS) is 13.2. The largest absolute Gasteiger partial charge is 0.472 e. The highest BCUT2D eigenvalue weighted by Gasteiger charge is 2.27. The molecule has 0 aromatic heterocycles. The number of nitrogens with zero attached hydrogens (tertiary/aromatic N) is 1. The third-order valence-corrected chi connectivity index (χ3v) is 14.1. The topological polar surface area (TPSA) is 108 Å². The van der Waals surface area contributed by atoms with E-state index in [-0.39, 0.29) is 25.6 Å². The van der Waals surface area contributed by atoms with Crippen LogP contribution in [0.25, 0.3) is 0 Å². The molecule has 0 fully saturated rings. The summed E-state index contributed by atoms with van der Waals surface area (Å²) in [4.78, 5) is 35.6. The maximum absolute atomic E-state index is 12.8. The zero-order chi connectivity index (χ0) is 48.5. The van der Waals surface area contributed by atoms with E-state index in [1.54, 1.807) is 0 Å². The maximum atomic E-state index is 12.8. The Kier molecular flexibility index (Phi) is 48.3. The molecule has 0 saturated carbocycles. The predicted octanol–water partition coefficient (Wildman–Crippen LogP) is 17.5. The van der Waals surface area contributed by atoms with E-state index >= 15 is 0 Å². The molecule has 66 heavy (non-hydrogen) atoms. The highest BCUT2D eigenvalue weighted by Crippen LogP contribution is 2.43. The van der Waals surface area contributed by atoms with Gasteiger partial charge in [0.1, 0.15) is 19.8 Å². The molecule has 0 aromatic rings. The Balaban J connectivity index is 4.00. The van der Waals surface area contributed by atoms with Crippen molar-refractivity contribution in [1.29, 1.82) is 0 Å². The van der Waals surface area contributed by atoms with E-state index in [0.717, 1.165) is 38.5 Å². The van der Waals surface area contributed by atoms with Crippen LogP contribution in [0.3, 0.4) is 0 Å².